The predicted octanol–water partition coefficient (Wildman–Crippen LogP) is -5.66. The molecular formula is C17H18N5NaO8S2. The van der Waals surface area contributed by atoms with Gasteiger partial charge in [0.1, 0.15) is 18.8 Å². The number of carboxylic acid groups (broad SMARTS) is 1. The fraction of sp³-hybridized carbons (Fsp3) is 0.471. The quantitative estimate of drug-likeness (QED) is 0.162. The summed E-state index contributed by atoms with van der Waals surface area (Å²) in [4.78, 5) is 46.6. The molecule has 0 radical (unpaired) electrons. The van der Waals surface area contributed by atoms with Crippen LogP contribution in [0.3, 0.4) is 0 Å². The number of aromatic nitrogens is 1. The number of hydrogen-bond acceptors (Lipinski definition) is 12. The van der Waals surface area contributed by atoms with Crippen LogP contribution in [0.2, 0.25) is 0 Å². The van der Waals surface area contributed by atoms with Gasteiger partial charge in [-0.2, -0.15) is 0 Å². The Bertz CT molecular complexity index is 1160. The molecule has 0 spiro atoms. The van der Waals surface area contributed by atoms with E-state index in [1.54, 1.807) is 0 Å². The first-order valence-electron chi connectivity index (χ1n) is 9.39. The molecule has 33 heavy (non-hydrogen) atoms. The van der Waals surface area contributed by atoms with Crippen LogP contribution >= 0.6 is 11.3 Å². The third-order valence-electron chi connectivity index (χ3n) is 5.27. The summed E-state index contributed by atoms with van der Waals surface area (Å²) < 4.78 is 31.4. The molecule has 4 heterocycles. The number of nitrogens with two attached hydrogens (primary N) is 1. The van der Waals surface area contributed by atoms with Crippen LogP contribution in [-0.4, -0.2) is 78.8 Å². The summed E-state index contributed by atoms with van der Waals surface area (Å²) in [5.74, 6) is -4.15. The molecular weight excluding hydrogens is 489 g/mol. The van der Waals surface area contributed by atoms with Crippen molar-refractivity contribution < 1.29 is 67.0 Å². The third-order valence-corrected chi connectivity index (χ3v) is 7.88. The van der Waals surface area contributed by atoms with Crippen molar-refractivity contribution in [2.75, 3.05) is 25.2 Å². The molecule has 1 aromatic rings. The summed E-state index contributed by atoms with van der Waals surface area (Å²) in [6.07, 6.45) is 0.339. The number of nitrogen functional groups attached to an aromatic ring is 1. The molecule has 2 fully saturated rings. The molecule has 4 rings (SSSR count). The average molecular weight is 507 g/mol. The molecule has 0 bridgehead atoms. The van der Waals surface area contributed by atoms with Crippen LogP contribution in [0.5, 0.6) is 0 Å². The van der Waals surface area contributed by atoms with Gasteiger partial charge in [-0.15, -0.1) is 11.3 Å². The van der Waals surface area contributed by atoms with Gasteiger partial charge in [-0.25, -0.2) is 13.4 Å². The predicted molar refractivity (Wildman–Crippen MR) is 107 cm³/mol. The second kappa shape index (κ2) is 9.68. The molecule has 0 unspecified atom stereocenters. The van der Waals surface area contributed by atoms with Crippen molar-refractivity contribution in [1.82, 2.24) is 15.2 Å². The second-order valence-corrected chi connectivity index (χ2v) is 10.2. The summed E-state index contributed by atoms with van der Waals surface area (Å²) in [5, 5.41) is 17.7. The number of oxime groups is 1. The number of rotatable bonds is 6. The van der Waals surface area contributed by atoms with E-state index in [0.717, 1.165) is 11.3 Å². The molecule has 2 saturated heterocycles. The van der Waals surface area contributed by atoms with Gasteiger partial charge in [0.25, 0.3) is 11.8 Å². The van der Waals surface area contributed by atoms with Crippen LogP contribution < -0.4 is 45.7 Å². The standard InChI is InChI=1S/C17H19N5O8S2.Na/c1-29-21-10(8-5-31-17(18)19-8)13(23)20-11-14(24)22-12(16(25)26)7(9-3-2-4-30-9)6-32(27,28)15(11)22;/h5,9,11,15H,2-4,6H2,1H3,(H2,18,19)(H,20,23)(H,25,26);/q;+1/p-1/b21-10-;/t9-,11+,15+;/m0./s1. The zero-order chi connectivity index (χ0) is 23.2. The Hall–Kier alpha value is -2.04. The summed E-state index contributed by atoms with van der Waals surface area (Å²) in [6.45, 7) is 0.355. The number of carbonyl (C=O) groups excluding carboxylic acids is 3. The number of nitrogens with one attached hydrogen (secondary N) is 1. The van der Waals surface area contributed by atoms with Crippen molar-refractivity contribution in [1.29, 1.82) is 0 Å². The second-order valence-electron chi connectivity index (χ2n) is 7.21. The van der Waals surface area contributed by atoms with Crippen LogP contribution in [0, 0.1) is 0 Å². The number of nitrogens with zero attached hydrogens (tertiary/aromatic N) is 3. The van der Waals surface area contributed by atoms with E-state index in [1.165, 1.54) is 12.5 Å². The minimum Gasteiger partial charge on any atom is -0.543 e. The minimum absolute atomic E-state index is 0. The fourth-order valence-electron chi connectivity index (χ4n) is 3.96. The first-order chi connectivity index (χ1) is 15.2. The molecule has 0 saturated carbocycles. The van der Waals surface area contributed by atoms with E-state index in [-0.39, 0.29) is 51.7 Å². The molecule has 0 aromatic carbocycles. The van der Waals surface area contributed by atoms with Gasteiger partial charge in [0.05, 0.1) is 23.5 Å². The van der Waals surface area contributed by atoms with Crippen molar-refractivity contribution in [2.45, 2.75) is 30.4 Å². The largest absolute Gasteiger partial charge is 1.00 e. The smallest absolute Gasteiger partial charge is 0.543 e. The van der Waals surface area contributed by atoms with E-state index in [1.807, 2.05) is 0 Å². The van der Waals surface area contributed by atoms with E-state index in [9.17, 15) is 27.9 Å². The van der Waals surface area contributed by atoms with Crippen molar-refractivity contribution in [3.05, 3.63) is 22.3 Å². The Kier molecular flexibility index (Phi) is 7.50. The zero-order valence-corrected chi connectivity index (χ0v) is 21.3. The molecule has 0 aliphatic carbocycles. The van der Waals surface area contributed by atoms with E-state index in [2.05, 4.69) is 20.3 Å². The van der Waals surface area contributed by atoms with Gasteiger partial charge in [-0.1, -0.05) is 5.16 Å². The molecule has 3 aliphatic rings. The van der Waals surface area contributed by atoms with Crippen LogP contribution in [-0.2, 0) is 33.8 Å². The van der Waals surface area contributed by atoms with E-state index in [4.69, 9.17) is 10.5 Å². The monoisotopic (exact) mass is 507 g/mol. The topological polar surface area (TPSA) is 193 Å². The van der Waals surface area contributed by atoms with E-state index in [0.29, 0.717) is 24.3 Å². The van der Waals surface area contributed by atoms with Crippen molar-refractivity contribution >= 4 is 49.8 Å². The average Bonchev–Trinajstić information content (AvgIpc) is 3.40. The molecule has 13 nitrogen and oxygen atoms in total. The Morgan fingerprint density at radius 3 is 2.73 bits per heavy atom. The number of sulfone groups is 1. The van der Waals surface area contributed by atoms with Gasteiger partial charge in [0.2, 0.25) is 0 Å². The number of ether oxygens (including phenoxy) is 1. The van der Waals surface area contributed by atoms with Gasteiger partial charge >= 0.3 is 29.6 Å². The summed E-state index contributed by atoms with van der Waals surface area (Å²) in [6, 6.07) is -1.52. The number of amides is 2. The zero-order valence-electron chi connectivity index (χ0n) is 17.6. The van der Waals surface area contributed by atoms with Crippen LogP contribution in [0.4, 0.5) is 5.13 Å². The van der Waals surface area contributed by atoms with Crippen molar-refractivity contribution in [3.8, 4) is 0 Å². The summed E-state index contributed by atoms with van der Waals surface area (Å²) in [7, 11) is -2.86. The maximum absolute atomic E-state index is 13.0. The van der Waals surface area contributed by atoms with Crippen LogP contribution in [0.1, 0.15) is 18.5 Å². The number of β-lactam (4-membered cyclic amide) rings is 1. The Labute approximate surface area is 214 Å². The van der Waals surface area contributed by atoms with Gasteiger partial charge < -0.3 is 30.5 Å². The Balaban J connectivity index is 0.00000306. The van der Waals surface area contributed by atoms with Gasteiger partial charge in [0.15, 0.2) is 26.1 Å². The number of carboxylic acids is 1. The third kappa shape index (κ3) is 4.52. The van der Waals surface area contributed by atoms with E-state index >= 15 is 0 Å². The van der Waals surface area contributed by atoms with Crippen molar-refractivity contribution in [2.24, 2.45) is 5.16 Å². The number of thiazole rings is 1. The first-order valence-corrected chi connectivity index (χ1v) is 12.0. The molecule has 3 atom stereocenters. The van der Waals surface area contributed by atoms with Crippen LogP contribution in [0.15, 0.2) is 21.8 Å². The molecule has 3 N–H and O–H groups in total. The maximum atomic E-state index is 13.0. The van der Waals surface area contributed by atoms with Gasteiger partial charge in [-0.05, 0) is 18.4 Å². The molecule has 1 aromatic heterocycles. The molecule has 16 heteroatoms. The number of aliphatic carboxylic acids is 1. The van der Waals surface area contributed by atoms with Gasteiger partial charge in [0, 0.05) is 12.0 Å². The minimum atomic E-state index is -4.05. The number of hydrogen-bond donors (Lipinski definition) is 2. The van der Waals surface area contributed by atoms with E-state index < -0.39 is 56.6 Å². The first kappa shape index (κ1) is 25.6. The summed E-state index contributed by atoms with van der Waals surface area (Å²) >= 11 is 1.04. The molecule has 3 aliphatic heterocycles. The number of anilines is 1. The van der Waals surface area contributed by atoms with Gasteiger partial charge in [-0.3, -0.25) is 14.5 Å². The number of fused-ring (bicyclic) bond motifs is 1. The van der Waals surface area contributed by atoms with Crippen LogP contribution in [0.25, 0.3) is 0 Å². The molecule has 2 amide bonds. The van der Waals surface area contributed by atoms with Crippen molar-refractivity contribution in [3.63, 3.8) is 0 Å². The maximum Gasteiger partial charge on any atom is 1.00 e. The SMILES string of the molecule is CO/N=C(\C(=O)N[C@@H]1C(=O)N2C(C(=O)[O-])=C([C@@H]3CCCO3)CS(=O)(=O)[C@H]12)c1csc(N)n1.[Na+]. The fourth-order valence-corrected chi connectivity index (χ4v) is 6.56. The number of carbonyl (C=O) groups is 3. The summed E-state index contributed by atoms with van der Waals surface area (Å²) in [5.41, 5.74) is 4.77. The normalized spacial score (nSPS) is 26.2. The Morgan fingerprint density at radius 2 is 2.18 bits per heavy atom. The Morgan fingerprint density at radius 1 is 1.45 bits per heavy atom. The molecule has 172 valence electrons.